The summed E-state index contributed by atoms with van der Waals surface area (Å²) < 4.78 is 1.91. The number of aromatic carboxylic acids is 1. The first kappa shape index (κ1) is 11.8. The van der Waals surface area contributed by atoms with Gasteiger partial charge < -0.3 is 9.67 Å². The van der Waals surface area contributed by atoms with Crippen LogP contribution in [0.5, 0.6) is 0 Å². The first-order valence-electron chi connectivity index (χ1n) is 6.20. The van der Waals surface area contributed by atoms with E-state index in [1.54, 1.807) is 0 Å². The van der Waals surface area contributed by atoms with E-state index in [1.807, 2.05) is 17.7 Å². The van der Waals surface area contributed by atoms with Gasteiger partial charge in [0.05, 0.1) is 10.9 Å². The molecule has 0 unspecified atom stereocenters. The summed E-state index contributed by atoms with van der Waals surface area (Å²) in [7, 11) is 1.90. The van der Waals surface area contributed by atoms with Gasteiger partial charge in [-0.15, -0.1) is 0 Å². The van der Waals surface area contributed by atoms with Crippen LogP contribution >= 0.6 is 0 Å². The van der Waals surface area contributed by atoms with Gasteiger partial charge in [0.1, 0.15) is 0 Å². The molecule has 0 amide bonds. The summed E-state index contributed by atoms with van der Waals surface area (Å²) in [5.74, 6) is -0.579. The van der Waals surface area contributed by atoms with Crippen LogP contribution in [0.15, 0.2) is 18.2 Å². The normalized spacial score (nSPS) is 11.8. The van der Waals surface area contributed by atoms with Crippen molar-refractivity contribution in [2.24, 2.45) is 7.05 Å². The van der Waals surface area contributed by atoms with Gasteiger partial charge in [0.25, 0.3) is 0 Å². The van der Waals surface area contributed by atoms with E-state index in [-0.39, 0.29) is 5.69 Å². The molecule has 0 fully saturated rings. The standard InChI is InChI=1S/C14H15N3O2/c1-7(2)8-4-5-10-9(6-8)11-12(14(18)19)15-16-13(11)17(10)3/h4-7H,1-3H3,(H,15,16)(H,18,19). The Morgan fingerprint density at radius 2 is 2.16 bits per heavy atom. The number of aryl methyl sites for hydroxylation is 1. The largest absolute Gasteiger partial charge is 0.477 e. The fourth-order valence-corrected chi connectivity index (χ4v) is 2.50. The molecule has 19 heavy (non-hydrogen) atoms. The first-order valence-corrected chi connectivity index (χ1v) is 6.20. The van der Waals surface area contributed by atoms with E-state index in [2.05, 4.69) is 36.2 Å². The summed E-state index contributed by atoms with van der Waals surface area (Å²) >= 11 is 0. The van der Waals surface area contributed by atoms with Crippen LogP contribution in [0, 0.1) is 0 Å². The molecule has 1 aromatic carbocycles. The average molecular weight is 257 g/mol. The maximum Gasteiger partial charge on any atom is 0.354 e. The lowest BCUT2D eigenvalue weighted by Crippen LogP contribution is -1.97. The molecule has 2 N–H and O–H groups in total. The summed E-state index contributed by atoms with van der Waals surface area (Å²) in [6, 6.07) is 6.16. The molecule has 98 valence electrons. The smallest absolute Gasteiger partial charge is 0.354 e. The van der Waals surface area contributed by atoms with Crippen LogP contribution in [0.3, 0.4) is 0 Å². The number of fused-ring (bicyclic) bond motifs is 3. The molecule has 3 rings (SSSR count). The number of nitrogens with zero attached hydrogens (tertiary/aromatic N) is 2. The van der Waals surface area contributed by atoms with Crippen LogP contribution < -0.4 is 0 Å². The fourth-order valence-electron chi connectivity index (χ4n) is 2.50. The van der Waals surface area contributed by atoms with E-state index in [0.717, 1.165) is 10.9 Å². The van der Waals surface area contributed by atoms with Gasteiger partial charge in [-0.25, -0.2) is 4.79 Å². The van der Waals surface area contributed by atoms with Crippen LogP contribution in [0.25, 0.3) is 21.9 Å². The molecule has 2 aromatic heterocycles. The predicted molar refractivity (Wildman–Crippen MR) is 73.6 cm³/mol. The highest BCUT2D eigenvalue weighted by Gasteiger charge is 2.19. The SMILES string of the molecule is CC(C)c1ccc2c(c1)c1c(C(=O)O)[nH]nc1n2C. The van der Waals surface area contributed by atoms with E-state index < -0.39 is 5.97 Å². The van der Waals surface area contributed by atoms with Crippen molar-refractivity contribution < 1.29 is 9.90 Å². The minimum absolute atomic E-state index is 0.154. The Kier molecular flexibility index (Phi) is 2.38. The maximum atomic E-state index is 11.3. The summed E-state index contributed by atoms with van der Waals surface area (Å²) in [5.41, 5.74) is 3.02. The van der Waals surface area contributed by atoms with Crippen molar-refractivity contribution in [2.45, 2.75) is 19.8 Å². The maximum absolute atomic E-state index is 11.3. The molecule has 0 aliphatic carbocycles. The summed E-state index contributed by atoms with van der Waals surface area (Å²) in [6.07, 6.45) is 0. The van der Waals surface area contributed by atoms with Crippen LogP contribution in [0.2, 0.25) is 0 Å². The summed E-state index contributed by atoms with van der Waals surface area (Å²) in [4.78, 5) is 11.3. The van der Waals surface area contributed by atoms with Gasteiger partial charge >= 0.3 is 5.97 Å². The number of hydrogen-bond donors (Lipinski definition) is 2. The Labute approximate surface area is 109 Å². The third-order valence-electron chi connectivity index (χ3n) is 3.60. The molecule has 0 saturated heterocycles. The van der Waals surface area contributed by atoms with E-state index in [4.69, 9.17) is 0 Å². The Hall–Kier alpha value is -2.30. The topological polar surface area (TPSA) is 70.9 Å². The molecule has 5 heteroatoms. The molecular weight excluding hydrogens is 242 g/mol. The second-order valence-electron chi connectivity index (χ2n) is 5.09. The third kappa shape index (κ3) is 1.54. The van der Waals surface area contributed by atoms with Gasteiger partial charge in [-0.2, -0.15) is 5.10 Å². The summed E-state index contributed by atoms with van der Waals surface area (Å²) in [6.45, 7) is 4.24. The van der Waals surface area contributed by atoms with Gasteiger partial charge in [0.15, 0.2) is 11.3 Å². The number of nitrogens with one attached hydrogen (secondary N) is 1. The number of hydrogen-bond acceptors (Lipinski definition) is 2. The Bertz CT molecular complexity index is 796. The highest BCUT2D eigenvalue weighted by molar-refractivity contribution is 6.15. The number of rotatable bonds is 2. The zero-order valence-corrected chi connectivity index (χ0v) is 11.1. The number of carbonyl (C=O) groups is 1. The average Bonchev–Trinajstić information content (AvgIpc) is 2.90. The van der Waals surface area contributed by atoms with E-state index in [1.165, 1.54) is 5.56 Å². The van der Waals surface area contributed by atoms with Gasteiger partial charge in [0.2, 0.25) is 0 Å². The van der Waals surface area contributed by atoms with Crippen LogP contribution in [-0.4, -0.2) is 25.8 Å². The van der Waals surface area contributed by atoms with Crippen LogP contribution in [0.1, 0.15) is 35.8 Å². The van der Waals surface area contributed by atoms with Crippen molar-refractivity contribution in [2.75, 3.05) is 0 Å². The molecule has 0 atom stereocenters. The molecule has 0 saturated carbocycles. The van der Waals surface area contributed by atoms with Gasteiger partial charge in [-0.1, -0.05) is 19.9 Å². The molecule has 0 aliphatic heterocycles. The molecule has 2 heterocycles. The zero-order chi connectivity index (χ0) is 13.7. The van der Waals surface area contributed by atoms with Crippen molar-refractivity contribution in [3.05, 3.63) is 29.5 Å². The number of benzene rings is 1. The van der Waals surface area contributed by atoms with Crippen molar-refractivity contribution in [1.29, 1.82) is 0 Å². The lowest BCUT2D eigenvalue weighted by Gasteiger charge is -2.05. The van der Waals surface area contributed by atoms with Crippen molar-refractivity contribution in [3.63, 3.8) is 0 Å². The lowest BCUT2D eigenvalue weighted by atomic mass is 10.0. The van der Waals surface area contributed by atoms with E-state index in [0.29, 0.717) is 17.0 Å². The van der Waals surface area contributed by atoms with E-state index in [9.17, 15) is 9.90 Å². The van der Waals surface area contributed by atoms with Gasteiger partial charge in [-0.3, -0.25) is 5.10 Å². The fraction of sp³-hybridized carbons (Fsp3) is 0.286. The van der Waals surface area contributed by atoms with Crippen LogP contribution in [-0.2, 0) is 7.05 Å². The molecule has 0 radical (unpaired) electrons. The second kappa shape index (κ2) is 3.85. The van der Waals surface area contributed by atoms with E-state index >= 15 is 0 Å². The van der Waals surface area contributed by atoms with Crippen molar-refractivity contribution in [1.82, 2.24) is 14.8 Å². The minimum atomic E-state index is -0.982. The number of aromatic amines is 1. The number of carboxylic acid groups (broad SMARTS) is 1. The third-order valence-corrected chi connectivity index (χ3v) is 3.60. The Balaban J connectivity index is 2.47. The summed E-state index contributed by atoms with van der Waals surface area (Å²) in [5, 5.41) is 17.6. The highest BCUT2D eigenvalue weighted by atomic mass is 16.4. The van der Waals surface area contributed by atoms with Crippen molar-refractivity contribution in [3.8, 4) is 0 Å². The quantitative estimate of drug-likeness (QED) is 0.741. The molecular formula is C14H15N3O2. The van der Waals surface area contributed by atoms with Crippen molar-refractivity contribution >= 4 is 27.9 Å². The number of carboxylic acids is 1. The number of aromatic nitrogens is 3. The number of H-pyrrole nitrogens is 1. The predicted octanol–water partition coefficient (Wildman–Crippen LogP) is 2.88. The van der Waals surface area contributed by atoms with Gasteiger partial charge in [-0.05, 0) is 23.6 Å². The Morgan fingerprint density at radius 3 is 2.79 bits per heavy atom. The molecule has 0 spiro atoms. The second-order valence-corrected chi connectivity index (χ2v) is 5.09. The molecule has 5 nitrogen and oxygen atoms in total. The molecule has 0 bridgehead atoms. The Morgan fingerprint density at radius 1 is 1.42 bits per heavy atom. The lowest BCUT2D eigenvalue weighted by molar-refractivity contribution is 0.0692. The molecule has 0 aliphatic rings. The minimum Gasteiger partial charge on any atom is -0.477 e. The highest BCUT2D eigenvalue weighted by Crippen LogP contribution is 2.31. The first-order chi connectivity index (χ1) is 9.00. The molecule has 3 aromatic rings. The van der Waals surface area contributed by atoms with Gasteiger partial charge in [0, 0.05) is 12.4 Å². The van der Waals surface area contributed by atoms with Crippen LogP contribution in [0.4, 0.5) is 0 Å². The monoisotopic (exact) mass is 257 g/mol. The zero-order valence-electron chi connectivity index (χ0n) is 11.1.